The first kappa shape index (κ1) is 24.7. The van der Waals surface area contributed by atoms with Crippen LogP contribution in [-0.4, -0.2) is 63.7 Å². The number of rotatable bonds is 7. The summed E-state index contributed by atoms with van der Waals surface area (Å²) in [5, 5.41) is 10.6. The van der Waals surface area contributed by atoms with Gasteiger partial charge in [0.1, 0.15) is 12.1 Å². The highest BCUT2D eigenvalue weighted by Gasteiger charge is 2.40. The van der Waals surface area contributed by atoms with Gasteiger partial charge in [0, 0.05) is 24.5 Å². The number of benzene rings is 1. The van der Waals surface area contributed by atoms with Crippen LogP contribution in [0.25, 0.3) is 10.9 Å². The van der Waals surface area contributed by atoms with Crippen molar-refractivity contribution in [3.63, 3.8) is 0 Å². The van der Waals surface area contributed by atoms with Gasteiger partial charge in [-0.1, -0.05) is 13.8 Å². The van der Waals surface area contributed by atoms with Crippen LogP contribution in [0.2, 0.25) is 0 Å². The molecule has 0 spiro atoms. The maximum atomic E-state index is 13.3. The van der Waals surface area contributed by atoms with Gasteiger partial charge in [0.15, 0.2) is 0 Å². The predicted octanol–water partition coefficient (Wildman–Crippen LogP) is 3.20. The Morgan fingerprint density at radius 2 is 1.88 bits per heavy atom. The molecule has 1 saturated heterocycles. The van der Waals surface area contributed by atoms with Crippen molar-refractivity contribution in [2.75, 3.05) is 24.5 Å². The van der Waals surface area contributed by atoms with E-state index in [0.717, 1.165) is 37.8 Å². The van der Waals surface area contributed by atoms with Crippen LogP contribution in [0.4, 0.5) is 19.0 Å². The molecule has 1 aliphatic carbocycles. The van der Waals surface area contributed by atoms with Crippen molar-refractivity contribution in [2.24, 2.45) is 17.6 Å². The number of carbonyl (C=O) groups is 1. The minimum atomic E-state index is -4.49. The van der Waals surface area contributed by atoms with E-state index in [2.05, 4.69) is 14.9 Å². The summed E-state index contributed by atoms with van der Waals surface area (Å²) in [7, 11) is 0. The normalized spacial score (nSPS) is 23.1. The van der Waals surface area contributed by atoms with E-state index in [1.807, 2.05) is 13.8 Å². The fourth-order valence-corrected chi connectivity index (χ4v) is 5.33. The number of aliphatic hydroxyl groups is 1. The third-order valence-electron chi connectivity index (χ3n) is 7.29. The second-order valence-corrected chi connectivity index (χ2v) is 9.93. The molecule has 1 aromatic heterocycles. The van der Waals surface area contributed by atoms with Crippen molar-refractivity contribution in [1.82, 2.24) is 14.9 Å². The van der Waals surface area contributed by atoms with E-state index in [-0.39, 0.29) is 30.0 Å². The largest absolute Gasteiger partial charge is 0.416 e. The number of aliphatic hydroxyl groups excluding tert-OH is 1. The van der Waals surface area contributed by atoms with Crippen molar-refractivity contribution >= 4 is 22.6 Å². The van der Waals surface area contributed by atoms with Crippen molar-refractivity contribution in [2.45, 2.75) is 63.9 Å². The molecule has 3 N–H and O–H groups in total. The highest BCUT2D eigenvalue weighted by atomic mass is 19.4. The van der Waals surface area contributed by atoms with E-state index < -0.39 is 17.6 Å². The number of primary amides is 1. The molecular formula is C24H32F3N5O2. The maximum absolute atomic E-state index is 13.3. The average Bonchev–Trinajstić information content (AvgIpc) is 2.75. The van der Waals surface area contributed by atoms with Crippen molar-refractivity contribution in [3.8, 4) is 0 Å². The lowest BCUT2D eigenvalue weighted by Gasteiger charge is -2.50. The van der Waals surface area contributed by atoms with Gasteiger partial charge in [-0.05, 0) is 55.7 Å². The summed E-state index contributed by atoms with van der Waals surface area (Å²) in [6.07, 6.45) is 0.496. The molecule has 1 aliphatic heterocycles. The van der Waals surface area contributed by atoms with Crippen LogP contribution in [0.3, 0.4) is 0 Å². The van der Waals surface area contributed by atoms with E-state index in [9.17, 15) is 23.1 Å². The first-order valence-electron chi connectivity index (χ1n) is 11.8. The van der Waals surface area contributed by atoms with Crippen LogP contribution >= 0.6 is 0 Å². The smallest absolute Gasteiger partial charge is 0.393 e. The Morgan fingerprint density at radius 3 is 2.47 bits per heavy atom. The van der Waals surface area contributed by atoms with Crippen LogP contribution in [0.1, 0.15) is 45.1 Å². The molecule has 2 aromatic rings. The molecule has 1 atom stereocenters. The molecule has 0 unspecified atom stereocenters. The number of amides is 1. The van der Waals surface area contributed by atoms with Gasteiger partial charge in [0.2, 0.25) is 5.91 Å². The average molecular weight is 480 g/mol. The highest BCUT2D eigenvalue weighted by molar-refractivity contribution is 5.92. The van der Waals surface area contributed by atoms with Gasteiger partial charge in [0.25, 0.3) is 0 Å². The first-order chi connectivity index (χ1) is 16.0. The molecule has 186 valence electrons. The van der Waals surface area contributed by atoms with Crippen LogP contribution in [0.5, 0.6) is 0 Å². The van der Waals surface area contributed by atoms with Gasteiger partial charge in [0.05, 0.1) is 29.8 Å². The lowest BCUT2D eigenvalue weighted by Crippen LogP contribution is -2.64. The topological polar surface area (TPSA) is 95.6 Å². The standard InChI is InChI=1S/C24H32F3N5O2/c1-14(2)22(34)15-3-6-17(7-4-15)31-10-18(11-31)32(12-21(28)33)23-19-9-16(24(25,26)27)5-8-20(19)29-13-30-23/h5,8-9,13-15,17-18,22,34H,3-4,6-7,10-12H2,1-2H3,(H2,28,33)/t15?,17?,22-/m1/s1. The minimum absolute atomic E-state index is 0.0841. The number of hydrogen-bond acceptors (Lipinski definition) is 6. The fraction of sp³-hybridized carbons (Fsp3) is 0.625. The molecule has 1 aromatic carbocycles. The van der Waals surface area contributed by atoms with E-state index in [1.165, 1.54) is 12.4 Å². The van der Waals surface area contributed by atoms with Gasteiger partial charge >= 0.3 is 6.18 Å². The third-order valence-corrected chi connectivity index (χ3v) is 7.29. The molecule has 1 saturated carbocycles. The number of hydrogen-bond donors (Lipinski definition) is 2. The van der Waals surface area contributed by atoms with Gasteiger partial charge in [-0.2, -0.15) is 13.2 Å². The maximum Gasteiger partial charge on any atom is 0.416 e. The van der Waals surface area contributed by atoms with Crippen LogP contribution < -0.4 is 10.6 Å². The van der Waals surface area contributed by atoms with Crippen molar-refractivity contribution in [1.29, 1.82) is 0 Å². The molecular weight excluding hydrogens is 447 g/mol. The molecule has 2 fully saturated rings. The molecule has 34 heavy (non-hydrogen) atoms. The number of carbonyl (C=O) groups excluding carboxylic acids is 1. The zero-order valence-corrected chi connectivity index (χ0v) is 19.5. The second kappa shape index (κ2) is 9.65. The van der Waals surface area contributed by atoms with Crippen LogP contribution in [-0.2, 0) is 11.0 Å². The van der Waals surface area contributed by atoms with E-state index in [4.69, 9.17) is 5.73 Å². The summed E-state index contributed by atoms with van der Waals surface area (Å²) in [4.78, 5) is 24.3. The Hall–Kier alpha value is -2.46. The Morgan fingerprint density at radius 1 is 1.21 bits per heavy atom. The molecule has 2 heterocycles. The number of fused-ring (bicyclic) bond motifs is 1. The summed E-state index contributed by atoms with van der Waals surface area (Å²) in [5.74, 6) is 0.302. The number of aromatic nitrogens is 2. The molecule has 0 bridgehead atoms. The lowest BCUT2D eigenvalue weighted by molar-refractivity contribution is -0.137. The van der Waals surface area contributed by atoms with Crippen LogP contribution in [0, 0.1) is 11.8 Å². The summed E-state index contributed by atoms with van der Waals surface area (Å²) in [6, 6.07) is 3.68. The molecule has 1 amide bonds. The molecule has 0 radical (unpaired) electrons. The van der Waals surface area contributed by atoms with E-state index in [1.54, 1.807) is 4.90 Å². The van der Waals surface area contributed by atoms with Gasteiger partial charge in [-0.15, -0.1) is 0 Å². The van der Waals surface area contributed by atoms with Crippen LogP contribution in [0.15, 0.2) is 24.5 Å². The molecule has 10 heteroatoms. The predicted molar refractivity (Wildman–Crippen MR) is 123 cm³/mol. The number of nitrogens with zero attached hydrogens (tertiary/aromatic N) is 4. The van der Waals surface area contributed by atoms with Crippen molar-refractivity contribution < 1.29 is 23.1 Å². The number of likely N-dealkylation sites (tertiary alicyclic amines) is 1. The number of nitrogens with two attached hydrogens (primary N) is 1. The monoisotopic (exact) mass is 479 g/mol. The minimum Gasteiger partial charge on any atom is -0.393 e. The summed E-state index contributed by atoms with van der Waals surface area (Å²) in [6.45, 7) is 5.31. The zero-order chi connectivity index (χ0) is 24.6. The molecule has 2 aliphatic rings. The highest BCUT2D eigenvalue weighted by Crippen LogP contribution is 2.37. The quantitative estimate of drug-likeness (QED) is 0.633. The molecule has 4 rings (SSSR count). The zero-order valence-electron chi connectivity index (χ0n) is 19.5. The SMILES string of the molecule is CC(C)[C@@H](O)C1CCC(N2CC(N(CC(N)=O)c3ncnc4ccc(C(F)(F)F)cc34)C2)CC1. The van der Waals surface area contributed by atoms with E-state index >= 15 is 0 Å². The van der Waals surface area contributed by atoms with Gasteiger partial charge < -0.3 is 15.7 Å². The fourth-order valence-electron chi connectivity index (χ4n) is 5.33. The number of alkyl halides is 3. The third kappa shape index (κ3) is 5.12. The Balaban J connectivity index is 1.49. The van der Waals surface area contributed by atoms with E-state index in [0.29, 0.717) is 36.4 Å². The summed E-state index contributed by atoms with van der Waals surface area (Å²) >= 11 is 0. The van der Waals surface area contributed by atoms with Crippen molar-refractivity contribution in [3.05, 3.63) is 30.1 Å². The number of anilines is 1. The Kier molecular flexibility index (Phi) is 7.00. The Labute approximate surface area is 197 Å². The summed E-state index contributed by atoms with van der Waals surface area (Å²) < 4.78 is 40.0. The first-order valence-corrected chi connectivity index (χ1v) is 11.8. The Bertz CT molecular complexity index is 1020. The lowest BCUT2D eigenvalue weighted by atomic mass is 9.78. The van der Waals surface area contributed by atoms with Gasteiger partial charge in [-0.25, -0.2) is 9.97 Å². The second-order valence-electron chi connectivity index (χ2n) is 9.93. The summed E-state index contributed by atoms with van der Waals surface area (Å²) in [5.41, 5.74) is 5.09. The number of halogens is 3. The molecule has 7 nitrogen and oxygen atoms in total. The van der Waals surface area contributed by atoms with Gasteiger partial charge in [-0.3, -0.25) is 9.69 Å².